The van der Waals surface area contributed by atoms with E-state index in [1.165, 1.54) is 60.8 Å². The van der Waals surface area contributed by atoms with Crippen LogP contribution < -0.4 is 4.90 Å². The summed E-state index contributed by atoms with van der Waals surface area (Å²) < 4.78 is 2.42. The van der Waals surface area contributed by atoms with E-state index in [0.717, 1.165) is 28.3 Å². The minimum Gasteiger partial charge on any atom is -0.310 e. The molecule has 0 aliphatic carbocycles. The molecule has 10 rings (SSSR count). The number of nitrogens with zero attached hydrogens (tertiary/aromatic N) is 2. The molecule has 10 aromatic rings. The lowest BCUT2D eigenvalue weighted by Gasteiger charge is -2.28. The summed E-state index contributed by atoms with van der Waals surface area (Å²) in [5.41, 5.74) is 16.3. The maximum Gasteiger partial charge on any atom is 0.0547 e. The van der Waals surface area contributed by atoms with Crippen LogP contribution in [0.1, 0.15) is 0 Å². The smallest absolute Gasteiger partial charge is 0.0547 e. The maximum atomic E-state index is 2.42. The van der Waals surface area contributed by atoms with Crippen molar-refractivity contribution in [2.45, 2.75) is 0 Å². The Labute approximate surface area is 327 Å². The monoisotopic (exact) mass is 714 g/mol. The third kappa shape index (κ3) is 6.04. The van der Waals surface area contributed by atoms with Crippen LogP contribution in [0.2, 0.25) is 0 Å². The molecule has 2 nitrogen and oxygen atoms in total. The molecular formula is C54H38N2. The first-order chi connectivity index (χ1) is 27.8. The highest BCUT2D eigenvalue weighted by atomic mass is 15.1. The number of hydrogen-bond donors (Lipinski definition) is 0. The van der Waals surface area contributed by atoms with Crippen LogP contribution in [0.3, 0.4) is 0 Å². The Morgan fingerprint density at radius 1 is 0.304 bits per heavy atom. The topological polar surface area (TPSA) is 8.17 Å². The Hall–Kier alpha value is -7.42. The summed E-state index contributed by atoms with van der Waals surface area (Å²) in [5.74, 6) is 0. The van der Waals surface area contributed by atoms with Crippen LogP contribution in [0.5, 0.6) is 0 Å². The highest BCUT2D eigenvalue weighted by Crippen LogP contribution is 2.44. The van der Waals surface area contributed by atoms with E-state index in [4.69, 9.17) is 0 Å². The van der Waals surface area contributed by atoms with Gasteiger partial charge in [0.2, 0.25) is 0 Å². The number of aromatic nitrogens is 1. The molecule has 1 aromatic heterocycles. The minimum absolute atomic E-state index is 1.09. The van der Waals surface area contributed by atoms with Gasteiger partial charge in [0.05, 0.1) is 16.7 Å². The molecule has 0 aliphatic rings. The SMILES string of the molecule is c1ccc(-c2ccc(N(c3cccc(-c4cccc5c4c4ccc(-c6ccccc6)cc4n5-c4ccccc4)c3)c3ccccc3-c3ccccc3)cc2)cc1. The average molecular weight is 715 g/mol. The molecule has 0 radical (unpaired) electrons. The lowest BCUT2D eigenvalue weighted by Crippen LogP contribution is -2.11. The van der Waals surface area contributed by atoms with Crippen LogP contribution in [0.25, 0.3) is 72.0 Å². The number of benzene rings is 9. The molecule has 1 heterocycles. The van der Waals surface area contributed by atoms with E-state index in [-0.39, 0.29) is 0 Å². The summed E-state index contributed by atoms with van der Waals surface area (Å²) in [5, 5.41) is 2.47. The van der Waals surface area contributed by atoms with Gasteiger partial charge in [-0.2, -0.15) is 0 Å². The predicted octanol–water partition coefficient (Wildman–Crippen LogP) is 14.9. The highest BCUT2D eigenvalue weighted by molar-refractivity contribution is 6.16. The molecule has 0 amide bonds. The Morgan fingerprint density at radius 2 is 0.839 bits per heavy atom. The summed E-state index contributed by atoms with van der Waals surface area (Å²) in [4.78, 5) is 2.40. The molecule has 0 spiro atoms. The van der Waals surface area contributed by atoms with Crippen molar-refractivity contribution in [2.75, 3.05) is 4.90 Å². The van der Waals surface area contributed by atoms with Crippen LogP contribution in [-0.2, 0) is 0 Å². The molecule has 56 heavy (non-hydrogen) atoms. The predicted molar refractivity (Wildman–Crippen MR) is 237 cm³/mol. The van der Waals surface area contributed by atoms with Crippen LogP contribution in [0.15, 0.2) is 231 Å². The summed E-state index contributed by atoms with van der Waals surface area (Å²) in [6, 6.07) is 83.0. The number of para-hydroxylation sites is 2. The van der Waals surface area contributed by atoms with Gasteiger partial charge in [-0.3, -0.25) is 0 Å². The molecular weight excluding hydrogens is 677 g/mol. The van der Waals surface area contributed by atoms with Crippen molar-refractivity contribution in [3.8, 4) is 50.2 Å². The summed E-state index contributed by atoms with van der Waals surface area (Å²) in [7, 11) is 0. The van der Waals surface area contributed by atoms with Crippen LogP contribution in [0, 0.1) is 0 Å². The van der Waals surface area contributed by atoms with Gasteiger partial charge in [-0.25, -0.2) is 0 Å². The third-order valence-electron chi connectivity index (χ3n) is 10.8. The van der Waals surface area contributed by atoms with Gasteiger partial charge in [0.15, 0.2) is 0 Å². The Kier molecular flexibility index (Phi) is 8.55. The largest absolute Gasteiger partial charge is 0.310 e. The number of hydrogen-bond acceptors (Lipinski definition) is 1. The van der Waals surface area contributed by atoms with Crippen molar-refractivity contribution in [1.82, 2.24) is 4.57 Å². The first-order valence-electron chi connectivity index (χ1n) is 19.2. The zero-order valence-electron chi connectivity index (χ0n) is 30.8. The molecule has 0 N–H and O–H groups in total. The van der Waals surface area contributed by atoms with Crippen molar-refractivity contribution in [3.05, 3.63) is 231 Å². The van der Waals surface area contributed by atoms with E-state index in [9.17, 15) is 0 Å². The first kappa shape index (κ1) is 33.2. The summed E-state index contributed by atoms with van der Waals surface area (Å²) in [6.45, 7) is 0. The number of fused-ring (bicyclic) bond motifs is 3. The van der Waals surface area contributed by atoms with E-state index in [1.807, 2.05) is 0 Å². The fourth-order valence-corrected chi connectivity index (χ4v) is 8.18. The zero-order chi connectivity index (χ0) is 37.3. The van der Waals surface area contributed by atoms with Crippen molar-refractivity contribution in [1.29, 1.82) is 0 Å². The molecule has 0 unspecified atom stereocenters. The second-order valence-corrected chi connectivity index (χ2v) is 14.2. The molecule has 2 heteroatoms. The van der Waals surface area contributed by atoms with Gasteiger partial charge in [0, 0.05) is 33.4 Å². The Morgan fingerprint density at radius 3 is 1.55 bits per heavy atom. The van der Waals surface area contributed by atoms with E-state index in [0.29, 0.717) is 0 Å². The average Bonchev–Trinajstić information content (AvgIpc) is 3.62. The van der Waals surface area contributed by atoms with Gasteiger partial charge >= 0.3 is 0 Å². The third-order valence-corrected chi connectivity index (χ3v) is 10.8. The van der Waals surface area contributed by atoms with E-state index < -0.39 is 0 Å². The normalized spacial score (nSPS) is 11.2. The van der Waals surface area contributed by atoms with Gasteiger partial charge in [-0.15, -0.1) is 0 Å². The molecule has 0 atom stereocenters. The van der Waals surface area contributed by atoms with Crippen LogP contribution in [-0.4, -0.2) is 4.57 Å². The molecule has 0 saturated carbocycles. The summed E-state index contributed by atoms with van der Waals surface area (Å²) in [6.07, 6.45) is 0. The van der Waals surface area contributed by atoms with Crippen molar-refractivity contribution < 1.29 is 0 Å². The van der Waals surface area contributed by atoms with Gasteiger partial charge in [0.1, 0.15) is 0 Å². The van der Waals surface area contributed by atoms with E-state index >= 15 is 0 Å². The molecule has 9 aromatic carbocycles. The van der Waals surface area contributed by atoms with Gasteiger partial charge in [0.25, 0.3) is 0 Å². The van der Waals surface area contributed by atoms with E-state index in [2.05, 4.69) is 240 Å². The molecule has 0 saturated heterocycles. The molecule has 0 aliphatic heterocycles. The summed E-state index contributed by atoms with van der Waals surface area (Å²) >= 11 is 0. The fourth-order valence-electron chi connectivity index (χ4n) is 8.18. The fraction of sp³-hybridized carbons (Fsp3) is 0. The first-order valence-corrected chi connectivity index (χ1v) is 19.2. The molecule has 264 valence electrons. The van der Waals surface area contributed by atoms with E-state index in [1.54, 1.807) is 0 Å². The standard InChI is InChI=1S/C54H38N2/c1-5-17-39(18-6-1)41-31-34-46(35-32-41)55(51-29-14-13-27-48(51)42-21-9-3-10-22-42)47-26-15-23-44(37-47)49-28-16-30-52-54(49)50-36-33-43(40-19-7-2-8-20-40)38-53(50)56(52)45-24-11-4-12-25-45/h1-38H. The van der Waals surface area contributed by atoms with Crippen molar-refractivity contribution >= 4 is 38.9 Å². The van der Waals surface area contributed by atoms with Gasteiger partial charge in [-0.05, 0) is 93.5 Å². The molecule has 0 fully saturated rings. The molecule has 0 bridgehead atoms. The zero-order valence-corrected chi connectivity index (χ0v) is 30.8. The second-order valence-electron chi connectivity index (χ2n) is 14.2. The Balaban J connectivity index is 1.17. The minimum atomic E-state index is 1.09. The van der Waals surface area contributed by atoms with Gasteiger partial charge in [-0.1, -0.05) is 176 Å². The van der Waals surface area contributed by atoms with Gasteiger partial charge < -0.3 is 9.47 Å². The lowest BCUT2D eigenvalue weighted by atomic mass is 9.97. The number of rotatable bonds is 8. The van der Waals surface area contributed by atoms with Crippen LogP contribution >= 0.6 is 0 Å². The quantitative estimate of drug-likeness (QED) is 0.152. The van der Waals surface area contributed by atoms with Crippen LogP contribution in [0.4, 0.5) is 17.1 Å². The van der Waals surface area contributed by atoms with Crippen molar-refractivity contribution in [2.24, 2.45) is 0 Å². The lowest BCUT2D eigenvalue weighted by molar-refractivity contribution is 1.18. The second kappa shape index (κ2) is 14.4. The van der Waals surface area contributed by atoms with Crippen molar-refractivity contribution in [3.63, 3.8) is 0 Å². The Bertz CT molecular complexity index is 2930. The highest BCUT2D eigenvalue weighted by Gasteiger charge is 2.20. The maximum absolute atomic E-state index is 2.42. The number of anilines is 3.